The van der Waals surface area contributed by atoms with Crippen molar-refractivity contribution < 1.29 is 14.7 Å². The third-order valence-corrected chi connectivity index (χ3v) is 5.19. The summed E-state index contributed by atoms with van der Waals surface area (Å²) in [6.45, 7) is 5.71. The molecular formula is C22H27N7O3. The van der Waals surface area contributed by atoms with Gasteiger partial charge >= 0.3 is 5.97 Å². The van der Waals surface area contributed by atoms with Crippen molar-refractivity contribution in [3.05, 3.63) is 41.6 Å². The van der Waals surface area contributed by atoms with E-state index in [0.29, 0.717) is 23.0 Å². The maximum absolute atomic E-state index is 12.5. The molecule has 168 valence electrons. The molecule has 10 nitrogen and oxygen atoms in total. The molecule has 2 aromatic heterocycles. The van der Waals surface area contributed by atoms with Gasteiger partial charge in [0.1, 0.15) is 11.9 Å². The molecule has 2 heterocycles. The fourth-order valence-electron chi connectivity index (χ4n) is 3.53. The number of carbonyl (C=O) groups is 2. The molecule has 0 spiro atoms. The predicted octanol–water partition coefficient (Wildman–Crippen LogP) is 2.49. The van der Waals surface area contributed by atoms with Gasteiger partial charge in [-0.1, -0.05) is 13.8 Å². The molecule has 0 fully saturated rings. The van der Waals surface area contributed by atoms with Crippen LogP contribution in [0.5, 0.6) is 0 Å². The van der Waals surface area contributed by atoms with Crippen LogP contribution >= 0.6 is 0 Å². The van der Waals surface area contributed by atoms with Crippen molar-refractivity contribution in [1.29, 1.82) is 0 Å². The molecule has 0 aliphatic carbocycles. The van der Waals surface area contributed by atoms with E-state index in [1.807, 2.05) is 32.7 Å². The maximum atomic E-state index is 12.5. The van der Waals surface area contributed by atoms with Crippen LogP contribution in [-0.4, -0.2) is 45.0 Å². The van der Waals surface area contributed by atoms with Gasteiger partial charge in [0, 0.05) is 18.3 Å². The SMILES string of the molecule is Cc1c(N(C)c2ccc(C(=O)N[C@@H](CC(C)C)C(=O)O)cc2)cnc2nc(N)nc(N)c12. The Labute approximate surface area is 185 Å². The second kappa shape index (κ2) is 9.04. The van der Waals surface area contributed by atoms with E-state index >= 15 is 0 Å². The average Bonchev–Trinajstić information content (AvgIpc) is 2.72. The zero-order valence-electron chi connectivity index (χ0n) is 18.5. The minimum absolute atomic E-state index is 0.0652. The summed E-state index contributed by atoms with van der Waals surface area (Å²) in [6, 6.07) is 5.92. The molecule has 1 aromatic carbocycles. The second-order valence-corrected chi connectivity index (χ2v) is 8.03. The third-order valence-electron chi connectivity index (χ3n) is 5.19. The van der Waals surface area contributed by atoms with Crippen molar-refractivity contribution in [2.75, 3.05) is 23.4 Å². The largest absolute Gasteiger partial charge is 0.480 e. The van der Waals surface area contributed by atoms with Gasteiger partial charge in [-0.25, -0.2) is 9.78 Å². The first-order chi connectivity index (χ1) is 15.1. The summed E-state index contributed by atoms with van der Waals surface area (Å²) in [5.74, 6) is -1.02. The number of rotatable bonds is 7. The number of carbonyl (C=O) groups excluding carboxylic acids is 1. The van der Waals surface area contributed by atoms with E-state index in [1.165, 1.54) is 0 Å². The summed E-state index contributed by atoms with van der Waals surface area (Å²) in [5, 5.41) is 12.6. The summed E-state index contributed by atoms with van der Waals surface area (Å²) < 4.78 is 0. The number of anilines is 4. The molecule has 10 heteroatoms. The molecule has 0 aliphatic heterocycles. The number of carboxylic acid groups (broad SMARTS) is 1. The van der Waals surface area contributed by atoms with Gasteiger partial charge in [-0.2, -0.15) is 9.97 Å². The highest BCUT2D eigenvalue weighted by Crippen LogP contribution is 2.32. The van der Waals surface area contributed by atoms with Gasteiger partial charge in [-0.15, -0.1) is 0 Å². The van der Waals surface area contributed by atoms with E-state index in [-0.39, 0.29) is 17.7 Å². The number of pyridine rings is 1. The lowest BCUT2D eigenvalue weighted by Gasteiger charge is -2.22. The lowest BCUT2D eigenvalue weighted by Crippen LogP contribution is -2.41. The Balaban J connectivity index is 1.84. The number of hydrogen-bond donors (Lipinski definition) is 4. The number of fused-ring (bicyclic) bond motifs is 1. The second-order valence-electron chi connectivity index (χ2n) is 8.03. The van der Waals surface area contributed by atoms with Gasteiger partial charge in [0.2, 0.25) is 5.95 Å². The highest BCUT2D eigenvalue weighted by atomic mass is 16.4. The van der Waals surface area contributed by atoms with Crippen LogP contribution in [0.2, 0.25) is 0 Å². The molecule has 1 amide bonds. The van der Waals surface area contributed by atoms with Crippen molar-refractivity contribution in [3.8, 4) is 0 Å². The maximum Gasteiger partial charge on any atom is 0.326 e. The number of nitrogens with zero attached hydrogens (tertiary/aromatic N) is 4. The normalized spacial score (nSPS) is 12.0. The third kappa shape index (κ3) is 4.69. The molecule has 0 aliphatic rings. The van der Waals surface area contributed by atoms with Gasteiger partial charge in [-0.05, 0) is 49.1 Å². The first-order valence-corrected chi connectivity index (χ1v) is 10.1. The molecule has 0 radical (unpaired) electrons. The molecule has 0 bridgehead atoms. The van der Waals surface area contributed by atoms with Gasteiger partial charge in [-0.3, -0.25) is 4.79 Å². The van der Waals surface area contributed by atoms with Crippen LogP contribution in [0.25, 0.3) is 11.0 Å². The van der Waals surface area contributed by atoms with Crippen LogP contribution in [0.4, 0.5) is 23.1 Å². The molecular weight excluding hydrogens is 410 g/mol. The van der Waals surface area contributed by atoms with E-state index in [2.05, 4.69) is 20.3 Å². The van der Waals surface area contributed by atoms with Crippen molar-refractivity contribution in [2.45, 2.75) is 33.2 Å². The molecule has 3 rings (SSSR count). The Hall–Kier alpha value is -3.95. The molecule has 3 aromatic rings. The van der Waals surface area contributed by atoms with Crippen LogP contribution < -0.4 is 21.7 Å². The van der Waals surface area contributed by atoms with E-state index < -0.39 is 17.9 Å². The first-order valence-electron chi connectivity index (χ1n) is 10.1. The van der Waals surface area contributed by atoms with Crippen molar-refractivity contribution in [2.24, 2.45) is 5.92 Å². The number of nitrogen functional groups attached to an aromatic ring is 2. The van der Waals surface area contributed by atoms with Crippen LogP contribution in [-0.2, 0) is 4.79 Å². The summed E-state index contributed by atoms with van der Waals surface area (Å²) in [7, 11) is 1.86. The zero-order valence-corrected chi connectivity index (χ0v) is 18.5. The van der Waals surface area contributed by atoms with Gasteiger partial charge in [0.25, 0.3) is 5.91 Å². The highest BCUT2D eigenvalue weighted by molar-refractivity contribution is 5.97. The molecule has 6 N–H and O–H groups in total. The lowest BCUT2D eigenvalue weighted by molar-refractivity contribution is -0.139. The number of aliphatic carboxylic acids is 1. The fraction of sp³-hybridized carbons (Fsp3) is 0.318. The number of benzene rings is 1. The average molecular weight is 438 g/mol. The van der Waals surface area contributed by atoms with Crippen LogP contribution in [0.1, 0.15) is 36.2 Å². The van der Waals surface area contributed by atoms with E-state index in [9.17, 15) is 14.7 Å². The zero-order chi connectivity index (χ0) is 23.6. The summed E-state index contributed by atoms with van der Waals surface area (Å²) >= 11 is 0. The molecule has 32 heavy (non-hydrogen) atoms. The summed E-state index contributed by atoms with van der Waals surface area (Å²) in [4.78, 5) is 38.3. The molecule has 1 atom stereocenters. The number of nitrogens with two attached hydrogens (primary N) is 2. The number of nitrogens with one attached hydrogen (secondary N) is 1. The Morgan fingerprint density at radius 2 is 1.81 bits per heavy atom. The Morgan fingerprint density at radius 3 is 2.41 bits per heavy atom. The minimum atomic E-state index is -1.05. The Kier molecular flexibility index (Phi) is 6.42. The van der Waals surface area contributed by atoms with Crippen molar-refractivity contribution in [3.63, 3.8) is 0 Å². The molecule has 0 unspecified atom stereocenters. The minimum Gasteiger partial charge on any atom is -0.480 e. The number of aromatic nitrogens is 3. The smallest absolute Gasteiger partial charge is 0.326 e. The number of hydrogen-bond acceptors (Lipinski definition) is 8. The number of aryl methyl sites for hydroxylation is 1. The quantitative estimate of drug-likeness (QED) is 0.435. The standard InChI is InChI=1S/C22H27N7O3/c1-11(2)9-15(21(31)32)26-20(30)13-5-7-14(8-6-13)29(4)16-10-25-19-17(12(16)3)18(23)27-22(24)28-19/h5-8,10-11,15H,9H2,1-4H3,(H,26,30)(H,31,32)(H4,23,24,25,27,28)/t15-/m0/s1. The fourth-order valence-corrected chi connectivity index (χ4v) is 3.53. The van der Waals surface area contributed by atoms with Gasteiger partial charge in [0.05, 0.1) is 17.3 Å². The molecule has 0 saturated carbocycles. The summed E-state index contributed by atoms with van der Waals surface area (Å²) in [6.07, 6.45) is 2.03. The van der Waals surface area contributed by atoms with Gasteiger partial charge < -0.3 is 26.8 Å². The van der Waals surface area contributed by atoms with Crippen molar-refractivity contribution >= 4 is 46.1 Å². The van der Waals surface area contributed by atoms with E-state index in [0.717, 1.165) is 16.9 Å². The first kappa shape index (κ1) is 22.7. The van der Waals surface area contributed by atoms with E-state index in [1.54, 1.807) is 30.5 Å². The van der Waals surface area contributed by atoms with Gasteiger partial charge in [0.15, 0.2) is 5.65 Å². The predicted molar refractivity (Wildman–Crippen MR) is 124 cm³/mol. The monoisotopic (exact) mass is 437 g/mol. The van der Waals surface area contributed by atoms with Crippen molar-refractivity contribution in [1.82, 2.24) is 20.3 Å². The summed E-state index contributed by atoms with van der Waals surface area (Å²) in [5.41, 5.74) is 14.9. The topological polar surface area (TPSA) is 160 Å². The lowest BCUT2D eigenvalue weighted by atomic mass is 10.0. The highest BCUT2D eigenvalue weighted by Gasteiger charge is 2.22. The van der Waals surface area contributed by atoms with Crippen LogP contribution in [0.3, 0.4) is 0 Å². The van der Waals surface area contributed by atoms with Crippen LogP contribution in [0.15, 0.2) is 30.5 Å². The number of amides is 1. The van der Waals surface area contributed by atoms with Crippen LogP contribution in [0, 0.1) is 12.8 Å². The van der Waals surface area contributed by atoms with E-state index in [4.69, 9.17) is 11.5 Å². The molecule has 0 saturated heterocycles. The Bertz CT molecular complexity index is 1160. The Morgan fingerprint density at radius 1 is 1.16 bits per heavy atom. The number of carboxylic acids is 1.